The molecule has 0 radical (unpaired) electrons. The van der Waals surface area contributed by atoms with Gasteiger partial charge in [0.2, 0.25) is 0 Å². The number of hydrazine groups is 1. The Hall–Kier alpha value is -1.99. The van der Waals surface area contributed by atoms with Gasteiger partial charge in [0, 0.05) is 12.0 Å². The Kier molecular flexibility index (Phi) is 4.08. The van der Waals surface area contributed by atoms with Crippen LogP contribution in [0.2, 0.25) is 0 Å². The van der Waals surface area contributed by atoms with Gasteiger partial charge in [-0.05, 0) is 18.2 Å². The summed E-state index contributed by atoms with van der Waals surface area (Å²) in [5.74, 6) is 7.07. The number of aromatic nitrogens is 4. The van der Waals surface area contributed by atoms with Crippen molar-refractivity contribution in [1.82, 2.24) is 25.6 Å². The normalized spacial score (nSPS) is 12.4. The molecule has 102 valence electrons. The molecule has 0 spiro atoms. The predicted octanol–water partition coefficient (Wildman–Crippen LogP) is 0.274. The monoisotopic (exact) mass is 262 g/mol. The van der Waals surface area contributed by atoms with E-state index in [4.69, 9.17) is 10.6 Å². The average molecular weight is 262 g/mol. The molecule has 0 aliphatic carbocycles. The molecular weight excluding hydrogens is 244 g/mol. The molecule has 1 unspecified atom stereocenters. The number of benzene rings is 1. The van der Waals surface area contributed by atoms with Crippen molar-refractivity contribution >= 4 is 0 Å². The second-order valence-electron chi connectivity index (χ2n) is 4.36. The number of rotatable bonds is 5. The zero-order chi connectivity index (χ0) is 13.8. The third kappa shape index (κ3) is 3.07. The molecule has 7 heteroatoms. The van der Waals surface area contributed by atoms with Crippen molar-refractivity contribution in [2.24, 2.45) is 12.9 Å². The van der Waals surface area contributed by atoms with Crippen LogP contribution < -0.4 is 16.0 Å². The summed E-state index contributed by atoms with van der Waals surface area (Å²) in [5, 5.41) is 11.9. The van der Waals surface area contributed by atoms with E-state index in [0.29, 0.717) is 12.2 Å². The van der Waals surface area contributed by atoms with E-state index in [1.807, 2.05) is 25.1 Å². The van der Waals surface area contributed by atoms with Gasteiger partial charge in [-0.1, -0.05) is 17.7 Å². The lowest BCUT2D eigenvalue weighted by molar-refractivity contribution is 0.398. The van der Waals surface area contributed by atoms with Gasteiger partial charge in [0.1, 0.15) is 5.75 Å². The van der Waals surface area contributed by atoms with E-state index in [2.05, 4.69) is 20.8 Å². The standard InChI is InChI=1S/C12H18N6O/c1-8-4-5-11(19-3)9(6-8)10(14-13)7-12-15-17-18(2)16-12/h4-6,10,14H,7,13H2,1-3H3. The van der Waals surface area contributed by atoms with Crippen LogP contribution in [0.1, 0.15) is 23.0 Å². The van der Waals surface area contributed by atoms with E-state index >= 15 is 0 Å². The van der Waals surface area contributed by atoms with E-state index in [1.165, 1.54) is 4.80 Å². The highest BCUT2D eigenvalue weighted by Crippen LogP contribution is 2.27. The van der Waals surface area contributed by atoms with Gasteiger partial charge in [0.15, 0.2) is 5.82 Å². The first-order chi connectivity index (χ1) is 9.13. The zero-order valence-electron chi connectivity index (χ0n) is 11.3. The number of nitrogens with zero attached hydrogens (tertiary/aromatic N) is 4. The number of tetrazole rings is 1. The minimum atomic E-state index is -0.126. The van der Waals surface area contributed by atoms with Crippen LogP contribution in [-0.4, -0.2) is 27.3 Å². The Morgan fingerprint density at radius 2 is 2.26 bits per heavy atom. The molecule has 0 aliphatic heterocycles. The molecule has 19 heavy (non-hydrogen) atoms. The summed E-state index contributed by atoms with van der Waals surface area (Å²) in [5.41, 5.74) is 4.91. The minimum Gasteiger partial charge on any atom is -0.496 e. The van der Waals surface area contributed by atoms with Crippen molar-refractivity contribution in [3.05, 3.63) is 35.2 Å². The Morgan fingerprint density at radius 3 is 2.84 bits per heavy atom. The lowest BCUT2D eigenvalue weighted by atomic mass is 10.0. The van der Waals surface area contributed by atoms with Gasteiger partial charge in [0.25, 0.3) is 0 Å². The maximum Gasteiger partial charge on any atom is 0.176 e. The lowest BCUT2D eigenvalue weighted by Gasteiger charge is -2.18. The van der Waals surface area contributed by atoms with E-state index in [9.17, 15) is 0 Å². The molecule has 1 atom stereocenters. The predicted molar refractivity (Wildman–Crippen MR) is 70.3 cm³/mol. The number of nitrogens with one attached hydrogen (secondary N) is 1. The third-order valence-electron chi connectivity index (χ3n) is 2.90. The van der Waals surface area contributed by atoms with E-state index in [1.54, 1.807) is 14.2 Å². The molecule has 1 aromatic heterocycles. The minimum absolute atomic E-state index is 0.126. The molecule has 2 rings (SSSR count). The van der Waals surface area contributed by atoms with Crippen LogP contribution in [0, 0.1) is 6.92 Å². The SMILES string of the molecule is COc1ccc(C)cc1C(Cc1nnn(C)n1)NN. The number of ether oxygens (including phenoxy) is 1. The van der Waals surface area contributed by atoms with Crippen LogP contribution in [0.5, 0.6) is 5.75 Å². The van der Waals surface area contributed by atoms with Crippen LogP contribution in [-0.2, 0) is 13.5 Å². The van der Waals surface area contributed by atoms with Crippen molar-refractivity contribution in [3.63, 3.8) is 0 Å². The number of hydrogen-bond donors (Lipinski definition) is 2. The Bertz CT molecular complexity index is 553. The smallest absolute Gasteiger partial charge is 0.176 e. The van der Waals surface area contributed by atoms with Crippen molar-refractivity contribution in [1.29, 1.82) is 0 Å². The molecule has 0 bridgehead atoms. The molecule has 0 aliphatic rings. The topological polar surface area (TPSA) is 90.9 Å². The van der Waals surface area contributed by atoms with Crippen molar-refractivity contribution in [2.75, 3.05) is 7.11 Å². The highest BCUT2D eigenvalue weighted by atomic mass is 16.5. The van der Waals surface area contributed by atoms with E-state index in [-0.39, 0.29) is 6.04 Å². The van der Waals surface area contributed by atoms with Crippen LogP contribution in [0.15, 0.2) is 18.2 Å². The maximum atomic E-state index is 5.64. The van der Waals surface area contributed by atoms with Crippen LogP contribution in [0.3, 0.4) is 0 Å². The van der Waals surface area contributed by atoms with Crippen LogP contribution in [0.25, 0.3) is 0 Å². The number of hydrogen-bond acceptors (Lipinski definition) is 6. The average Bonchev–Trinajstić information content (AvgIpc) is 2.81. The van der Waals surface area contributed by atoms with Gasteiger partial charge in [0.05, 0.1) is 20.2 Å². The van der Waals surface area contributed by atoms with Gasteiger partial charge in [-0.2, -0.15) is 4.80 Å². The first-order valence-electron chi connectivity index (χ1n) is 5.97. The largest absolute Gasteiger partial charge is 0.496 e. The maximum absolute atomic E-state index is 5.64. The summed E-state index contributed by atoms with van der Waals surface area (Å²) in [7, 11) is 3.37. The summed E-state index contributed by atoms with van der Waals surface area (Å²) in [6, 6.07) is 5.84. The van der Waals surface area contributed by atoms with Gasteiger partial charge in [-0.15, -0.1) is 10.2 Å². The van der Waals surface area contributed by atoms with Gasteiger partial charge in [-0.3, -0.25) is 11.3 Å². The number of nitrogens with two attached hydrogens (primary N) is 1. The highest BCUT2D eigenvalue weighted by Gasteiger charge is 2.18. The molecule has 0 fully saturated rings. The summed E-state index contributed by atoms with van der Waals surface area (Å²) < 4.78 is 5.37. The van der Waals surface area contributed by atoms with E-state index in [0.717, 1.165) is 16.9 Å². The molecular formula is C12H18N6O. The second-order valence-corrected chi connectivity index (χ2v) is 4.36. The molecule has 2 aromatic rings. The Labute approximate surface area is 111 Å². The number of methoxy groups -OCH3 is 1. The molecule has 1 heterocycles. The fourth-order valence-electron chi connectivity index (χ4n) is 1.97. The molecule has 0 amide bonds. The Morgan fingerprint density at radius 1 is 1.47 bits per heavy atom. The first kappa shape index (κ1) is 13.4. The van der Waals surface area contributed by atoms with Crippen molar-refractivity contribution in [3.8, 4) is 5.75 Å². The third-order valence-corrected chi connectivity index (χ3v) is 2.90. The summed E-state index contributed by atoms with van der Waals surface area (Å²) in [6.07, 6.45) is 0.546. The molecule has 0 saturated carbocycles. The summed E-state index contributed by atoms with van der Waals surface area (Å²) in [6.45, 7) is 2.02. The van der Waals surface area contributed by atoms with Gasteiger partial charge in [-0.25, -0.2) is 0 Å². The fraction of sp³-hybridized carbons (Fsp3) is 0.417. The number of aryl methyl sites for hydroxylation is 2. The zero-order valence-corrected chi connectivity index (χ0v) is 11.3. The second kappa shape index (κ2) is 5.77. The molecule has 0 saturated heterocycles. The van der Waals surface area contributed by atoms with E-state index < -0.39 is 0 Å². The molecule has 3 N–H and O–H groups in total. The summed E-state index contributed by atoms with van der Waals surface area (Å²) >= 11 is 0. The fourth-order valence-corrected chi connectivity index (χ4v) is 1.97. The molecule has 1 aromatic carbocycles. The highest BCUT2D eigenvalue weighted by molar-refractivity contribution is 5.39. The Balaban J connectivity index is 2.28. The van der Waals surface area contributed by atoms with Gasteiger partial charge < -0.3 is 4.74 Å². The quantitative estimate of drug-likeness (QED) is 0.594. The van der Waals surface area contributed by atoms with Crippen LogP contribution in [0.4, 0.5) is 0 Å². The first-order valence-corrected chi connectivity index (χ1v) is 5.97. The van der Waals surface area contributed by atoms with Gasteiger partial charge >= 0.3 is 0 Å². The summed E-state index contributed by atoms with van der Waals surface area (Å²) in [4.78, 5) is 1.43. The molecule has 7 nitrogen and oxygen atoms in total. The van der Waals surface area contributed by atoms with Crippen molar-refractivity contribution in [2.45, 2.75) is 19.4 Å². The van der Waals surface area contributed by atoms with Crippen LogP contribution >= 0.6 is 0 Å². The lowest BCUT2D eigenvalue weighted by Crippen LogP contribution is -2.30. The van der Waals surface area contributed by atoms with Crippen molar-refractivity contribution < 1.29 is 4.74 Å².